The van der Waals surface area contributed by atoms with Gasteiger partial charge in [0.25, 0.3) is 0 Å². The number of carbonyl (C=O) groups is 2. The van der Waals surface area contributed by atoms with Gasteiger partial charge >= 0.3 is 0 Å². The van der Waals surface area contributed by atoms with E-state index in [-0.39, 0.29) is 23.8 Å². The van der Waals surface area contributed by atoms with Gasteiger partial charge in [0.05, 0.1) is 5.92 Å². The third-order valence-electron chi connectivity index (χ3n) is 5.27. The Morgan fingerprint density at radius 2 is 1.86 bits per heavy atom. The van der Waals surface area contributed by atoms with Crippen molar-refractivity contribution in [1.29, 1.82) is 0 Å². The highest BCUT2D eigenvalue weighted by Crippen LogP contribution is 2.29. The van der Waals surface area contributed by atoms with E-state index in [1.54, 1.807) is 0 Å². The molecule has 2 aliphatic heterocycles. The highest BCUT2D eigenvalue weighted by atomic mass is 16.2. The van der Waals surface area contributed by atoms with Crippen molar-refractivity contribution in [2.75, 3.05) is 20.1 Å². The molecule has 1 aromatic heterocycles. The van der Waals surface area contributed by atoms with Crippen molar-refractivity contribution in [3.8, 4) is 0 Å². The summed E-state index contributed by atoms with van der Waals surface area (Å²) in [6.45, 7) is 5.11. The molecule has 3 rings (SSSR count). The van der Waals surface area contributed by atoms with E-state index in [0.717, 1.165) is 19.3 Å². The first-order valence-corrected chi connectivity index (χ1v) is 8.11. The predicted molar refractivity (Wildman–Crippen MR) is 84.2 cm³/mol. The van der Waals surface area contributed by atoms with Crippen LogP contribution in [0.5, 0.6) is 0 Å². The van der Waals surface area contributed by atoms with Gasteiger partial charge < -0.3 is 14.4 Å². The monoisotopic (exact) mass is 303 g/mol. The van der Waals surface area contributed by atoms with Gasteiger partial charge in [0, 0.05) is 38.6 Å². The zero-order chi connectivity index (χ0) is 15.9. The van der Waals surface area contributed by atoms with Gasteiger partial charge in [0.2, 0.25) is 11.8 Å². The molecule has 2 amide bonds. The number of hydrogen-bond donors (Lipinski definition) is 0. The third-order valence-corrected chi connectivity index (χ3v) is 5.27. The molecule has 2 aliphatic rings. The summed E-state index contributed by atoms with van der Waals surface area (Å²) in [6.07, 6.45) is 6.82. The van der Waals surface area contributed by atoms with Gasteiger partial charge in [0.1, 0.15) is 5.54 Å². The van der Waals surface area contributed by atoms with Gasteiger partial charge in [-0.2, -0.15) is 0 Å². The van der Waals surface area contributed by atoms with Crippen molar-refractivity contribution in [2.24, 2.45) is 5.92 Å². The minimum absolute atomic E-state index is 0.0399. The van der Waals surface area contributed by atoms with Gasteiger partial charge in [-0.25, -0.2) is 0 Å². The fraction of sp³-hybridized carbons (Fsp3) is 0.647. The zero-order valence-corrected chi connectivity index (χ0v) is 13.7. The molecule has 0 radical (unpaired) electrons. The van der Waals surface area contributed by atoms with E-state index in [1.165, 1.54) is 0 Å². The standard InChI is InChI=1S/C17H25N3O2/c1-17(2,20-9-4-5-10-20)16(22)19-11-13-7-6-8-14(12-19)18(3)15(13)21/h4-5,9-10,13-14H,6-8,11-12H2,1-3H3/t13-,14+/m1/s1. The molecule has 5 nitrogen and oxygen atoms in total. The normalized spacial score (nSPS) is 26.0. The summed E-state index contributed by atoms with van der Waals surface area (Å²) < 4.78 is 1.95. The average molecular weight is 303 g/mol. The van der Waals surface area contributed by atoms with E-state index in [0.29, 0.717) is 13.1 Å². The minimum atomic E-state index is -0.621. The Hall–Kier alpha value is -1.78. The van der Waals surface area contributed by atoms with Crippen LogP contribution >= 0.6 is 0 Å². The lowest BCUT2D eigenvalue weighted by molar-refractivity contribution is -0.140. The molecule has 2 bridgehead atoms. The molecular weight excluding hydrogens is 278 g/mol. The maximum atomic E-state index is 13.1. The highest BCUT2D eigenvalue weighted by molar-refractivity contribution is 5.86. The van der Waals surface area contributed by atoms with Gasteiger partial charge in [-0.15, -0.1) is 0 Å². The van der Waals surface area contributed by atoms with Crippen molar-refractivity contribution < 1.29 is 9.59 Å². The van der Waals surface area contributed by atoms with E-state index >= 15 is 0 Å². The Morgan fingerprint density at radius 3 is 2.55 bits per heavy atom. The van der Waals surface area contributed by atoms with Crippen LogP contribution in [0.1, 0.15) is 33.1 Å². The van der Waals surface area contributed by atoms with Gasteiger partial charge in [-0.05, 0) is 38.8 Å². The van der Waals surface area contributed by atoms with E-state index < -0.39 is 5.54 Å². The molecule has 120 valence electrons. The van der Waals surface area contributed by atoms with Crippen LogP contribution in [-0.2, 0) is 15.1 Å². The lowest BCUT2D eigenvalue weighted by atomic mass is 9.96. The van der Waals surface area contributed by atoms with Crippen molar-refractivity contribution >= 4 is 11.8 Å². The van der Waals surface area contributed by atoms with Crippen LogP contribution in [0.3, 0.4) is 0 Å². The Morgan fingerprint density at radius 1 is 1.18 bits per heavy atom. The number of amides is 2. The Bertz CT molecular complexity index is 564. The summed E-state index contributed by atoms with van der Waals surface area (Å²) in [7, 11) is 1.89. The van der Waals surface area contributed by atoms with Gasteiger partial charge in [-0.3, -0.25) is 9.59 Å². The molecule has 0 aliphatic carbocycles. The molecule has 3 heterocycles. The predicted octanol–water partition coefficient (Wildman–Crippen LogP) is 1.69. The average Bonchev–Trinajstić information content (AvgIpc) is 2.93. The summed E-state index contributed by atoms with van der Waals surface area (Å²) in [6, 6.07) is 4.02. The molecule has 5 heteroatoms. The van der Waals surface area contributed by atoms with E-state index in [9.17, 15) is 9.59 Å². The van der Waals surface area contributed by atoms with Crippen LogP contribution in [0.2, 0.25) is 0 Å². The maximum absolute atomic E-state index is 13.1. The van der Waals surface area contributed by atoms with Crippen LogP contribution in [0.15, 0.2) is 24.5 Å². The summed E-state index contributed by atoms with van der Waals surface area (Å²) in [5.74, 6) is 0.266. The summed E-state index contributed by atoms with van der Waals surface area (Å²) in [5.41, 5.74) is -0.621. The second-order valence-electron chi connectivity index (χ2n) is 7.09. The lowest BCUT2D eigenvalue weighted by Crippen LogP contribution is -2.50. The molecule has 2 saturated heterocycles. The Balaban J connectivity index is 1.86. The molecule has 0 spiro atoms. The quantitative estimate of drug-likeness (QED) is 0.834. The van der Waals surface area contributed by atoms with E-state index in [4.69, 9.17) is 0 Å². The first kappa shape index (κ1) is 15.1. The number of nitrogens with zero attached hydrogens (tertiary/aromatic N) is 3. The SMILES string of the molecule is CN1C(=O)[C@@H]2CCC[C@H]1CN(C(=O)C(C)(C)n1cccc1)C2. The smallest absolute Gasteiger partial charge is 0.248 e. The molecule has 1 aromatic rings. The van der Waals surface area contributed by atoms with Gasteiger partial charge in [0.15, 0.2) is 0 Å². The lowest BCUT2D eigenvalue weighted by Gasteiger charge is -2.36. The molecule has 2 fully saturated rings. The van der Waals surface area contributed by atoms with Crippen molar-refractivity contribution in [2.45, 2.75) is 44.7 Å². The molecule has 22 heavy (non-hydrogen) atoms. The number of hydrogen-bond acceptors (Lipinski definition) is 2. The second-order valence-corrected chi connectivity index (χ2v) is 7.09. The molecule has 0 aromatic carbocycles. The fourth-order valence-electron chi connectivity index (χ4n) is 3.73. The largest absolute Gasteiger partial charge is 0.341 e. The van der Waals surface area contributed by atoms with Crippen LogP contribution in [0, 0.1) is 5.92 Å². The highest BCUT2D eigenvalue weighted by Gasteiger charge is 2.41. The molecule has 0 saturated carbocycles. The maximum Gasteiger partial charge on any atom is 0.248 e. The molecular formula is C17H25N3O2. The number of fused-ring (bicyclic) bond motifs is 3. The number of aromatic nitrogens is 1. The topological polar surface area (TPSA) is 45.6 Å². The van der Waals surface area contributed by atoms with E-state index in [1.807, 2.05) is 59.8 Å². The molecule has 0 N–H and O–H groups in total. The van der Waals surface area contributed by atoms with Crippen molar-refractivity contribution in [3.63, 3.8) is 0 Å². The van der Waals surface area contributed by atoms with Crippen LogP contribution < -0.4 is 0 Å². The summed E-state index contributed by atoms with van der Waals surface area (Å²) >= 11 is 0. The Kier molecular flexibility index (Phi) is 3.75. The second kappa shape index (κ2) is 5.45. The molecule has 0 unspecified atom stereocenters. The summed E-state index contributed by atoms with van der Waals surface area (Å²) in [4.78, 5) is 29.3. The number of carbonyl (C=O) groups excluding carboxylic acids is 2. The van der Waals surface area contributed by atoms with Crippen molar-refractivity contribution in [3.05, 3.63) is 24.5 Å². The first-order valence-electron chi connectivity index (χ1n) is 8.11. The van der Waals surface area contributed by atoms with Crippen LogP contribution in [-0.4, -0.2) is 52.4 Å². The first-order chi connectivity index (χ1) is 10.4. The number of likely N-dealkylation sites (tertiary alicyclic amines) is 1. The van der Waals surface area contributed by atoms with E-state index in [2.05, 4.69) is 0 Å². The Labute approximate surface area is 131 Å². The minimum Gasteiger partial charge on any atom is -0.341 e. The van der Waals surface area contributed by atoms with Gasteiger partial charge in [-0.1, -0.05) is 6.42 Å². The van der Waals surface area contributed by atoms with Crippen LogP contribution in [0.25, 0.3) is 0 Å². The third kappa shape index (κ3) is 2.42. The zero-order valence-electron chi connectivity index (χ0n) is 13.7. The number of rotatable bonds is 2. The van der Waals surface area contributed by atoms with Crippen molar-refractivity contribution in [1.82, 2.24) is 14.4 Å². The van der Waals surface area contributed by atoms with Crippen LogP contribution in [0.4, 0.5) is 0 Å². The number of likely N-dealkylation sites (N-methyl/N-ethyl adjacent to an activating group) is 1. The fourth-order valence-corrected chi connectivity index (χ4v) is 3.73. The molecule has 2 atom stereocenters. The summed E-state index contributed by atoms with van der Waals surface area (Å²) in [5, 5.41) is 0.